The molecule has 3 N–H and O–H groups in total. The van der Waals surface area contributed by atoms with Gasteiger partial charge in [-0.3, -0.25) is 0 Å². The number of sulfone groups is 1. The number of nitrogens with two attached hydrogens (primary N) is 1. The van der Waals surface area contributed by atoms with Crippen molar-refractivity contribution in [2.75, 3.05) is 17.3 Å². The van der Waals surface area contributed by atoms with Crippen LogP contribution in [0.3, 0.4) is 0 Å². The van der Waals surface area contributed by atoms with Crippen LogP contribution in [-0.2, 0) is 9.84 Å². The van der Waals surface area contributed by atoms with E-state index in [-0.39, 0.29) is 16.8 Å². The molecule has 1 aliphatic carbocycles. The second kappa shape index (κ2) is 4.45. The Morgan fingerprint density at radius 3 is 2.76 bits per heavy atom. The van der Waals surface area contributed by atoms with Gasteiger partial charge in [-0.25, -0.2) is 8.42 Å². The van der Waals surface area contributed by atoms with Crippen LogP contribution in [0.4, 0.5) is 10.8 Å². The summed E-state index contributed by atoms with van der Waals surface area (Å²) >= 11 is 1.11. The Balaban J connectivity index is 2.15. The van der Waals surface area contributed by atoms with Gasteiger partial charge in [-0.1, -0.05) is 12.8 Å². The van der Waals surface area contributed by atoms with Crippen molar-refractivity contribution in [3.8, 4) is 0 Å². The van der Waals surface area contributed by atoms with Crippen molar-refractivity contribution >= 4 is 32.2 Å². The number of aromatic nitrogens is 1. The van der Waals surface area contributed by atoms with Crippen molar-refractivity contribution in [1.82, 2.24) is 4.37 Å². The predicted molar refractivity (Wildman–Crippen MR) is 70.1 cm³/mol. The Morgan fingerprint density at radius 1 is 1.59 bits per heavy atom. The molecule has 1 fully saturated rings. The lowest BCUT2D eigenvalue weighted by Gasteiger charge is -2.13. The molecule has 1 aromatic rings. The highest BCUT2D eigenvalue weighted by molar-refractivity contribution is 7.91. The van der Waals surface area contributed by atoms with Gasteiger partial charge in [0.1, 0.15) is 9.90 Å². The Kier molecular flexibility index (Phi) is 3.31. The van der Waals surface area contributed by atoms with Crippen LogP contribution in [0.25, 0.3) is 0 Å². The summed E-state index contributed by atoms with van der Waals surface area (Å²) in [5.41, 5.74) is 5.60. The van der Waals surface area contributed by atoms with E-state index in [1.54, 1.807) is 0 Å². The Bertz CT molecular complexity index is 506. The van der Waals surface area contributed by atoms with E-state index in [0.717, 1.165) is 30.1 Å². The summed E-state index contributed by atoms with van der Waals surface area (Å²) in [7, 11) is -3.32. The first-order valence-electron chi connectivity index (χ1n) is 5.59. The lowest BCUT2D eigenvalue weighted by molar-refractivity contribution is 0.602. The third-order valence-electron chi connectivity index (χ3n) is 2.81. The largest absolute Gasteiger partial charge is 0.382 e. The second-order valence-electron chi connectivity index (χ2n) is 4.72. The van der Waals surface area contributed by atoms with Crippen LogP contribution in [0.15, 0.2) is 4.90 Å². The summed E-state index contributed by atoms with van der Waals surface area (Å²) < 4.78 is 27.1. The first-order chi connectivity index (χ1) is 7.88. The van der Waals surface area contributed by atoms with E-state index in [4.69, 9.17) is 5.73 Å². The van der Waals surface area contributed by atoms with Gasteiger partial charge >= 0.3 is 0 Å². The van der Waals surface area contributed by atoms with Gasteiger partial charge in [0.2, 0.25) is 0 Å². The highest BCUT2D eigenvalue weighted by atomic mass is 32.2. The van der Waals surface area contributed by atoms with Crippen molar-refractivity contribution in [3.05, 3.63) is 0 Å². The van der Waals surface area contributed by atoms with E-state index in [1.165, 1.54) is 12.8 Å². The fourth-order valence-corrected chi connectivity index (χ4v) is 4.05. The lowest BCUT2D eigenvalue weighted by atomic mass is 10.2. The summed E-state index contributed by atoms with van der Waals surface area (Å²) in [5, 5.41) is 3.77. The number of nitrogens with one attached hydrogen (secondary N) is 1. The molecule has 0 saturated heterocycles. The summed E-state index contributed by atoms with van der Waals surface area (Å²) in [6.07, 6.45) is 4.80. The van der Waals surface area contributed by atoms with E-state index < -0.39 is 9.84 Å². The van der Waals surface area contributed by atoms with Gasteiger partial charge in [-0.2, -0.15) is 4.37 Å². The molecular formula is C10H17N3O2S2. The third-order valence-corrected chi connectivity index (χ3v) is 4.88. The summed E-state index contributed by atoms with van der Waals surface area (Å²) in [5.74, 6) is 0.892. The molecule has 96 valence electrons. The Morgan fingerprint density at radius 2 is 2.24 bits per heavy atom. The maximum absolute atomic E-state index is 11.6. The number of nitrogens with zero attached hydrogens (tertiary/aromatic N) is 1. The fourth-order valence-electron chi connectivity index (χ4n) is 1.88. The maximum Gasteiger partial charge on any atom is 0.182 e. The van der Waals surface area contributed by atoms with Crippen LogP contribution in [0.1, 0.15) is 26.2 Å². The van der Waals surface area contributed by atoms with Gasteiger partial charge in [0.05, 0.1) is 0 Å². The number of nitrogen functional groups attached to an aromatic ring is 1. The zero-order chi connectivity index (χ0) is 12.6. The minimum atomic E-state index is -3.32. The fraction of sp³-hybridized carbons (Fsp3) is 0.700. The molecule has 0 aromatic carbocycles. The van der Waals surface area contributed by atoms with Crippen LogP contribution >= 0.6 is 11.5 Å². The average Bonchev–Trinajstić information content (AvgIpc) is 2.88. The molecule has 2 rings (SSSR count). The second-order valence-corrected chi connectivity index (χ2v) is 7.45. The van der Waals surface area contributed by atoms with Gasteiger partial charge in [0.15, 0.2) is 15.7 Å². The van der Waals surface area contributed by atoms with E-state index in [1.807, 2.05) is 0 Å². The number of hydrogen-bond donors (Lipinski definition) is 2. The van der Waals surface area contributed by atoms with Crippen LogP contribution in [0.2, 0.25) is 0 Å². The summed E-state index contributed by atoms with van der Waals surface area (Å²) in [6.45, 7) is 2.06. The quantitative estimate of drug-likeness (QED) is 0.854. The van der Waals surface area contributed by atoms with Gasteiger partial charge in [-0.15, -0.1) is 0 Å². The first-order valence-corrected chi connectivity index (χ1v) is 8.26. The predicted octanol–water partition coefficient (Wildman–Crippen LogP) is 1.73. The van der Waals surface area contributed by atoms with Gasteiger partial charge in [0, 0.05) is 12.3 Å². The Labute approximate surface area is 105 Å². The number of anilines is 2. The van der Waals surface area contributed by atoms with Gasteiger partial charge in [0.25, 0.3) is 0 Å². The molecule has 5 nitrogen and oxygen atoms in total. The molecule has 0 aliphatic heterocycles. The lowest BCUT2D eigenvalue weighted by Crippen LogP contribution is -2.16. The van der Waals surface area contributed by atoms with E-state index in [9.17, 15) is 8.42 Å². The molecule has 1 unspecified atom stereocenters. The molecule has 7 heteroatoms. The smallest absolute Gasteiger partial charge is 0.182 e. The SMILES string of the molecule is CC(CC1CC1)Nc1snc(N)c1S(C)(=O)=O. The normalized spacial score (nSPS) is 18.0. The van der Waals surface area contributed by atoms with Gasteiger partial charge < -0.3 is 11.1 Å². The van der Waals surface area contributed by atoms with E-state index >= 15 is 0 Å². The molecule has 1 aromatic heterocycles. The molecular weight excluding hydrogens is 258 g/mol. The number of rotatable bonds is 5. The average molecular weight is 275 g/mol. The van der Waals surface area contributed by atoms with Crippen molar-refractivity contribution < 1.29 is 8.42 Å². The van der Waals surface area contributed by atoms with Crippen molar-refractivity contribution in [2.24, 2.45) is 5.92 Å². The highest BCUT2D eigenvalue weighted by Gasteiger charge is 2.26. The van der Waals surface area contributed by atoms with E-state index in [0.29, 0.717) is 5.00 Å². The van der Waals surface area contributed by atoms with E-state index in [2.05, 4.69) is 16.6 Å². The zero-order valence-electron chi connectivity index (χ0n) is 9.93. The maximum atomic E-state index is 11.6. The highest BCUT2D eigenvalue weighted by Crippen LogP contribution is 2.36. The van der Waals surface area contributed by atoms with Crippen molar-refractivity contribution in [3.63, 3.8) is 0 Å². The van der Waals surface area contributed by atoms with Crippen molar-refractivity contribution in [1.29, 1.82) is 0 Å². The summed E-state index contributed by atoms with van der Waals surface area (Å²) in [4.78, 5) is 0.144. The summed E-state index contributed by atoms with van der Waals surface area (Å²) in [6, 6.07) is 0.253. The molecule has 17 heavy (non-hydrogen) atoms. The minimum Gasteiger partial charge on any atom is -0.382 e. The minimum absolute atomic E-state index is 0.0959. The molecule has 0 spiro atoms. The topological polar surface area (TPSA) is 85.1 Å². The van der Waals surface area contributed by atoms with Crippen LogP contribution < -0.4 is 11.1 Å². The molecule has 1 saturated carbocycles. The molecule has 0 bridgehead atoms. The molecule has 1 aliphatic rings. The molecule has 1 atom stereocenters. The molecule has 0 amide bonds. The van der Waals surface area contributed by atoms with Crippen LogP contribution in [0.5, 0.6) is 0 Å². The molecule has 1 heterocycles. The third kappa shape index (κ3) is 3.10. The van der Waals surface area contributed by atoms with Crippen molar-refractivity contribution in [2.45, 2.75) is 37.1 Å². The Hall–Kier alpha value is -0.820. The van der Waals surface area contributed by atoms with Crippen LogP contribution in [0, 0.1) is 5.92 Å². The monoisotopic (exact) mass is 275 g/mol. The molecule has 0 radical (unpaired) electrons. The standard InChI is InChI=1S/C10H17N3O2S2/c1-6(5-7-3-4-7)12-10-8(17(2,14)15)9(11)13-16-10/h6-7,12H,3-5H2,1-2H3,(H2,11,13). The van der Waals surface area contributed by atoms with Gasteiger partial charge in [-0.05, 0) is 30.8 Å². The number of hydrogen-bond acceptors (Lipinski definition) is 6. The van der Waals surface area contributed by atoms with Crippen LogP contribution in [-0.4, -0.2) is 25.1 Å². The first kappa shape index (κ1) is 12.6. The zero-order valence-corrected chi connectivity index (χ0v) is 11.6.